The highest BCUT2D eigenvalue weighted by atomic mass is 16.5. The fourth-order valence-corrected chi connectivity index (χ4v) is 2.67. The molecule has 110 valence electrons. The summed E-state index contributed by atoms with van der Waals surface area (Å²) in [6, 6.07) is 10.4. The Bertz CT molecular complexity index is 425. The second-order valence-electron chi connectivity index (χ2n) is 5.61. The van der Waals surface area contributed by atoms with E-state index in [1.165, 1.54) is 5.56 Å². The SMILES string of the molecule is CCOC(=O)CC1(N)CCN(Cc2ccccc2)CC1. The molecule has 1 saturated heterocycles. The van der Waals surface area contributed by atoms with Crippen molar-refractivity contribution in [2.75, 3.05) is 19.7 Å². The molecule has 0 bridgehead atoms. The smallest absolute Gasteiger partial charge is 0.307 e. The zero-order chi connectivity index (χ0) is 14.4. The first-order valence-corrected chi connectivity index (χ1v) is 7.32. The number of carbonyl (C=O) groups is 1. The van der Waals surface area contributed by atoms with Crippen molar-refractivity contribution in [1.29, 1.82) is 0 Å². The Hall–Kier alpha value is -1.39. The van der Waals surface area contributed by atoms with E-state index in [1.54, 1.807) is 0 Å². The molecule has 0 amide bonds. The number of likely N-dealkylation sites (tertiary alicyclic amines) is 1. The molecule has 0 saturated carbocycles. The van der Waals surface area contributed by atoms with Crippen molar-refractivity contribution in [2.45, 2.75) is 38.3 Å². The van der Waals surface area contributed by atoms with Crippen LogP contribution in [-0.2, 0) is 16.1 Å². The number of rotatable bonds is 5. The molecule has 4 heteroatoms. The van der Waals surface area contributed by atoms with Crippen molar-refractivity contribution in [2.24, 2.45) is 5.73 Å². The third-order valence-corrected chi connectivity index (χ3v) is 3.90. The number of nitrogens with two attached hydrogens (primary N) is 1. The number of carbonyl (C=O) groups excluding carboxylic acids is 1. The Morgan fingerprint density at radius 3 is 2.55 bits per heavy atom. The normalized spacial score (nSPS) is 18.7. The van der Waals surface area contributed by atoms with E-state index in [9.17, 15) is 4.79 Å². The van der Waals surface area contributed by atoms with E-state index in [2.05, 4.69) is 29.2 Å². The number of benzene rings is 1. The van der Waals surface area contributed by atoms with Gasteiger partial charge in [0.05, 0.1) is 13.0 Å². The second kappa shape index (κ2) is 6.86. The molecule has 0 spiro atoms. The van der Waals surface area contributed by atoms with E-state index >= 15 is 0 Å². The minimum atomic E-state index is -0.389. The zero-order valence-electron chi connectivity index (χ0n) is 12.2. The molecule has 1 aliphatic heterocycles. The molecule has 0 unspecified atom stereocenters. The molecule has 4 nitrogen and oxygen atoms in total. The molecule has 1 aromatic carbocycles. The number of esters is 1. The van der Waals surface area contributed by atoms with Gasteiger partial charge in [-0.25, -0.2) is 0 Å². The molecule has 20 heavy (non-hydrogen) atoms. The first-order valence-electron chi connectivity index (χ1n) is 7.32. The van der Waals surface area contributed by atoms with Crippen LogP contribution in [0.1, 0.15) is 31.7 Å². The Morgan fingerprint density at radius 1 is 1.30 bits per heavy atom. The average molecular weight is 276 g/mol. The quantitative estimate of drug-likeness (QED) is 0.835. The lowest BCUT2D eigenvalue weighted by atomic mass is 9.85. The van der Waals surface area contributed by atoms with Gasteiger partial charge in [-0.05, 0) is 25.3 Å². The van der Waals surface area contributed by atoms with Gasteiger partial charge in [-0.3, -0.25) is 9.69 Å². The molecule has 2 rings (SSSR count). The molecule has 0 aliphatic carbocycles. The van der Waals surface area contributed by atoms with Crippen molar-refractivity contribution in [1.82, 2.24) is 4.90 Å². The van der Waals surface area contributed by atoms with Crippen LogP contribution in [0.4, 0.5) is 0 Å². The van der Waals surface area contributed by atoms with Crippen LogP contribution in [0, 0.1) is 0 Å². The molecule has 1 aromatic rings. The standard InChI is InChI=1S/C16H24N2O2/c1-2-20-15(19)12-16(17)8-10-18(11-9-16)13-14-6-4-3-5-7-14/h3-7H,2,8-13,17H2,1H3. The van der Waals surface area contributed by atoms with Crippen LogP contribution in [-0.4, -0.2) is 36.1 Å². The molecule has 0 aromatic heterocycles. The van der Waals surface area contributed by atoms with Crippen molar-refractivity contribution >= 4 is 5.97 Å². The summed E-state index contributed by atoms with van der Waals surface area (Å²) in [4.78, 5) is 14.0. The number of piperidine rings is 1. The largest absolute Gasteiger partial charge is 0.466 e. The highest BCUT2D eigenvalue weighted by Gasteiger charge is 2.33. The number of ether oxygens (including phenoxy) is 1. The summed E-state index contributed by atoms with van der Waals surface area (Å²) < 4.78 is 5.00. The lowest BCUT2D eigenvalue weighted by Gasteiger charge is -2.38. The summed E-state index contributed by atoms with van der Waals surface area (Å²) in [5.41, 5.74) is 7.25. The van der Waals surface area contributed by atoms with Gasteiger partial charge in [0.25, 0.3) is 0 Å². The van der Waals surface area contributed by atoms with E-state index in [1.807, 2.05) is 13.0 Å². The van der Waals surface area contributed by atoms with Crippen molar-refractivity contribution in [3.8, 4) is 0 Å². The Balaban J connectivity index is 1.81. The molecule has 1 heterocycles. The number of nitrogens with zero attached hydrogens (tertiary/aromatic N) is 1. The van der Waals surface area contributed by atoms with E-state index in [0.29, 0.717) is 13.0 Å². The van der Waals surface area contributed by atoms with Gasteiger partial charge in [-0.2, -0.15) is 0 Å². The zero-order valence-corrected chi connectivity index (χ0v) is 12.2. The van der Waals surface area contributed by atoms with Crippen LogP contribution in [0.5, 0.6) is 0 Å². The van der Waals surface area contributed by atoms with Gasteiger partial charge in [0.15, 0.2) is 0 Å². The van der Waals surface area contributed by atoms with Gasteiger partial charge in [0, 0.05) is 25.2 Å². The van der Waals surface area contributed by atoms with E-state index in [4.69, 9.17) is 10.5 Å². The van der Waals surface area contributed by atoms with Gasteiger partial charge < -0.3 is 10.5 Å². The summed E-state index contributed by atoms with van der Waals surface area (Å²) >= 11 is 0. The summed E-state index contributed by atoms with van der Waals surface area (Å²) in [5.74, 6) is -0.175. The Labute approximate surface area is 120 Å². The lowest BCUT2D eigenvalue weighted by molar-refractivity contribution is -0.145. The molecule has 0 radical (unpaired) electrons. The van der Waals surface area contributed by atoms with E-state index in [-0.39, 0.29) is 11.5 Å². The van der Waals surface area contributed by atoms with Gasteiger partial charge in [-0.1, -0.05) is 30.3 Å². The third-order valence-electron chi connectivity index (χ3n) is 3.90. The van der Waals surface area contributed by atoms with Crippen LogP contribution >= 0.6 is 0 Å². The van der Waals surface area contributed by atoms with E-state index < -0.39 is 0 Å². The summed E-state index contributed by atoms with van der Waals surface area (Å²) in [5, 5.41) is 0. The highest BCUT2D eigenvalue weighted by molar-refractivity contribution is 5.70. The molecule has 1 aliphatic rings. The fraction of sp³-hybridized carbons (Fsp3) is 0.562. The first-order chi connectivity index (χ1) is 9.61. The average Bonchev–Trinajstić information content (AvgIpc) is 2.43. The second-order valence-corrected chi connectivity index (χ2v) is 5.61. The maximum Gasteiger partial charge on any atom is 0.307 e. The lowest BCUT2D eigenvalue weighted by Crippen LogP contribution is -2.51. The van der Waals surface area contributed by atoms with Crippen LogP contribution in [0.3, 0.4) is 0 Å². The maximum atomic E-state index is 11.6. The van der Waals surface area contributed by atoms with Gasteiger partial charge in [0.1, 0.15) is 0 Å². The van der Waals surface area contributed by atoms with Gasteiger partial charge >= 0.3 is 5.97 Å². The number of hydrogen-bond acceptors (Lipinski definition) is 4. The third kappa shape index (κ3) is 4.32. The number of hydrogen-bond donors (Lipinski definition) is 1. The molecule has 1 fully saturated rings. The monoisotopic (exact) mass is 276 g/mol. The predicted molar refractivity (Wildman–Crippen MR) is 79.1 cm³/mol. The van der Waals surface area contributed by atoms with Gasteiger partial charge in [-0.15, -0.1) is 0 Å². The topological polar surface area (TPSA) is 55.6 Å². The molecule has 0 atom stereocenters. The molecule has 2 N–H and O–H groups in total. The Morgan fingerprint density at radius 2 is 1.95 bits per heavy atom. The summed E-state index contributed by atoms with van der Waals surface area (Å²) in [7, 11) is 0. The van der Waals surface area contributed by atoms with Crippen LogP contribution in [0.2, 0.25) is 0 Å². The molecular formula is C16H24N2O2. The van der Waals surface area contributed by atoms with Crippen LogP contribution in [0.15, 0.2) is 30.3 Å². The fourth-order valence-electron chi connectivity index (χ4n) is 2.67. The summed E-state index contributed by atoms with van der Waals surface area (Å²) in [6.07, 6.45) is 2.03. The highest BCUT2D eigenvalue weighted by Crippen LogP contribution is 2.24. The van der Waals surface area contributed by atoms with E-state index in [0.717, 1.165) is 32.5 Å². The van der Waals surface area contributed by atoms with Crippen molar-refractivity contribution in [3.63, 3.8) is 0 Å². The Kier molecular flexibility index (Phi) is 5.15. The molecular weight excluding hydrogens is 252 g/mol. The minimum Gasteiger partial charge on any atom is -0.466 e. The van der Waals surface area contributed by atoms with Crippen molar-refractivity contribution in [3.05, 3.63) is 35.9 Å². The minimum absolute atomic E-state index is 0.175. The van der Waals surface area contributed by atoms with Crippen molar-refractivity contribution < 1.29 is 9.53 Å². The maximum absolute atomic E-state index is 11.6. The predicted octanol–water partition coefficient (Wildman–Crippen LogP) is 1.93. The first kappa shape index (κ1) is 15.0. The van der Waals surface area contributed by atoms with Crippen LogP contribution < -0.4 is 5.73 Å². The summed E-state index contributed by atoms with van der Waals surface area (Å²) in [6.45, 7) is 5.07. The van der Waals surface area contributed by atoms with Gasteiger partial charge in [0.2, 0.25) is 0 Å². The van der Waals surface area contributed by atoms with Crippen LogP contribution in [0.25, 0.3) is 0 Å².